The number of carbonyl (C=O) groups excluding carboxylic acids is 2. The summed E-state index contributed by atoms with van der Waals surface area (Å²) in [6.07, 6.45) is -1.34. The van der Waals surface area contributed by atoms with Gasteiger partial charge in [0.2, 0.25) is 16.1 Å². The van der Waals surface area contributed by atoms with Gasteiger partial charge in [-0.1, -0.05) is 36.4 Å². The molecule has 172 valence electrons. The number of hydrogen-bond acceptors (Lipinski definition) is 7. The van der Waals surface area contributed by atoms with E-state index < -0.39 is 28.0 Å². The van der Waals surface area contributed by atoms with Gasteiger partial charge in [-0.05, 0) is 30.3 Å². The number of benzene rings is 3. The first-order valence-corrected chi connectivity index (χ1v) is 11.2. The van der Waals surface area contributed by atoms with E-state index in [9.17, 15) is 18.0 Å². The zero-order valence-electron chi connectivity index (χ0n) is 17.8. The molecule has 33 heavy (non-hydrogen) atoms. The van der Waals surface area contributed by atoms with E-state index in [2.05, 4.69) is 5.32 Å². The minimum absolute atomic E-state index is 0.0624. The van der Waals surface area contributed by atoms with Gasteiger partial charge < -0.3 is 19.5 Å². The number of hydrogen-bond donors (Lipinski definition) is 2. The van der Waals surface area contributed by atoms with Crippen LogP contribution in [0.2, 0.25) is 0 Å². The number of rotatable bonds is 8. The van der Waals surface area contributed by atoms with E-state index in [1.54, 1.807) is 54.6 Å². The molecule has 10 heteroatoms. The molecule has 0 aromatic heterocycles. The van der Waals surface area contributed by atoms with Gasteiger partial charge in [-0.25, -0.2) is 18.4 Å². The van der Waals surface area contributed by atoms with E-state index in [1.807, 2.05) is 0 Å². The summed E-state index contributed by atoms with van der Waals surface area (Å²) < 4.78 is 39.3. The van der Waals surface area contributed by atoms with Crippen molar-refractivity contribution in [2.45, 2.75) is 11.0 Å². The lowest BCUT2D eigenvalue weighted by atomic mass is 10.1. The Bertz CT molecular complexity index is 1260. The third kappa shape index (κ3) is 5.88. The molecule has 0 spiro atoms. The molecule has 9 nitrogen and oxygen atoms in total. The fourth-order valence-electron chi connectivity index (χ4n) is 3.00. The van der Waals surface area contributed by atoms with E-state index in [4.69, 9.17) is 19.3 Å². The second-order valence-corrected chi connectivity index (χ2v) is 8.39. The summed E-state index contributed by atoms with van der Waals surface area (Å²) in [6, 6.07) is 18.6. The number of esters is 1. The highest BCUT2D eigenvalue weighted by Crippen LogP contribution is 2.27. The maximum absolute atomic E-state index is 13.1. The first-order valence-electron chi connectivity index (χ1n) is 9.64. The molecule has 0 aliphatic heterocycles. The van der Waals surface area contributed by atoms with Crippen LogP contribution in [0.25, 0.3) is 0 Å². The maximum Gasteiger partial charge on any atom is 0.343 e. The smallest absolute Gasteiger partial charge is 0.343 e. The summed E-state index contributed by atoms with van der Waals surface area (Å²) >= 11 is 0. The Kier molecular flexibility index (Phi) is 7.31. The number of nitrogens with two attached hydrogens (primary N) is 1. The van der Waals surface area contributed by atoms with Crippen LogP contribution in [-0.4, -0.2) is 34.5 Å². The van der Waals surface area contributed by atoms with Crippen LogP contribution in [-0.2, 0) is 19.6 Å². The first-order chi connectivity index (χ1) is 15.7. The molecule has 0 aliphatic rings. The number of anilines is 1. The second kappa shape index (κ2) is 10.2. The highest BCUT2D eigenvalue weighted by atomic mass is 32.2. The van der Waals surface area contributed by atoms with Crippen molar-refractivity contribution in [3.63, 3.8) is 0 Å². The van der Waals surface area contributed by atoms with E-state index in [0.717, 1.165) is 6.07 Å². The lowest BCUT2D eigenvalue weighted by molar-refractivity contribution is -0.125. The van der Waals surface area contributed by atoms with E-state index >= 15 is 0 Å². The van der Waals surface area contributed by atoms with Crippen LogP contribution in [0.1, 0.15) is 22.0 Å². The van der Waals surface area contributed by atoms with Crippen molar-refractivity contribution in [1.82, 2.24) is 0 Å². The molecule has 3 aromatic rings. The fourth-order valence-corrected chi connectivity index (χ4v) is 3.54. The van der Waals surface area contributed by atoms with Gasteiger partial charge in [-0.15, -0.1) is 0 Å². The van der Waals surface area contributed by atoms with Gasteiger partial charge in [0, 0.05) is 17.3 Å². The third-order valence-corrected chi connectivity index (χ3v) is 5.53. The van der Waals surface area contributed by atoms with Crippen molar-refractivity contribution in [2.24, 2.45) is 5.14 Å². The standard InChI is InChI=1S/C23H22N2O7S/c1-30-17-10-6-9-16(13-17)25-22(26)21(15-7-4-3-5-8-15)32-23(27)19-14-18(33(24,28)29)11-12-20(19)31-2/h3-14,21H,1-2H3,(H,25,26)(H2,24,28,29). The SMILES string of the molecule is COc1cccc(NC(=O)C(OC(=O)c2cc(S(N)(=O)=O)ccc2OC)c2ccccc2)c1. The Labute approximate surface area is 191 Å². The Hall–Kier alpha value is -3.89. The van der Waals surface area contributed by atoms with Crippen LogP contribution >= 0.6 is 0 Å². The minimum Gasteiger partial charge on any atom is -0.497 e. The zero-order valence-corrected chi connectivity index (χ0v) is 18.7. The van der Waals surface area contributed by atoms with Gasteiger partial charge in [-0.2, -0.15) is 0 Å². The van der Waals surface area contributed by atoms with Crippen LogP contribution in [0.5, 0.6) is 11.5 Å². The van der Waals surface area contributed by atoms with Gasteiger partial charge in [-0.3, -0.25) is 4.79 Å². The van der Waals surface area contributed by atoms with Crippen molar-refractivity contribution < 1.29 is 32.2 Å². The molecule has 3 rings (SSSR count). The Balaban J connectivity index is 1.94. The van der Waals surface area contributed by atoms with E-state index in [-0.39, 0.29) is 16.2 Å². The van der Waals surface area contributed by atoms with Crippen LogP contribution in [0.15, 0.2) is 77.7 Å². The largest absolute Gasteiger partial charge is 0.497 e. The van der Waals surface area contributed by atoms with Crippen molar-refractivity contribution >= 4 is 27.6 Å². The lowest BCUT2D eigenvalue weighted by Gasteiger charge is -2.19. The third-order valence-electron chi connectivity index (χ3n) is 4.62. The lowest BCUT2D eigenvalue weighted by Crippen LogP contribution is -2.26. The molecule has 0 radical (unpaired) electrons. The second-order valence-electron chi connectivity index (χ2n) is 6.82. The monoisotopic (exact) mass is 470 g/mol. The predicted octanol–water partition coefficient (Wildman–Crippen LogP) is 2.89. The van der Waals surface area contributed by atoms with Gasteiger partial charge in [0.15, 0.2) is 0 Å². The zero-order chi connectivity index (χ0) is 24.0. The van der Waals surface area contributed by atoms with Crippen LogP contribution < -0.4 is 19.9 Å². The highest BCUT2D eigenvalue weighted by molar-refractivity contribution is 7.89. The highest BCUT2D eigenvalue weighted by Gasteiger charge is 2.28. The van der Waals surface area contributed by atoms with Gasteiger partial charge in [0.05, 0.1) is 19.1 Å². The fraction of sp³-hybridized carbons (Fsp3) is 0.130. The molecular formula is C23H22N2O7S. The van der Waals surface area contributed by atoms with E-state index in [0.29, 0.717) is 17.0 Å². The number of ether oxygens (including phenoxy) is 3. The molecule has 3 aromatic carbocycles. The molecule has 0 heterocycles. The van der Waals surface area contributed by atoms with Crippen LogP contribution in [0.4, 0.5) is 5.69 Å². The number of carbonyl (C=O) groups is 2. The summed E-state index contributed by atoms with van der Waals surface area (Å²) in [5, 5.41) is 7.87. The number of nitrogens with one attached hydrogen (secondary N) is 1. The number of amides is 1. The average molecular weight is 471 g/mol. The first kappa shape index (κ1) is 23.8. The Morgan fingerprint density at radius 3 is 2.27 bits per heavy atom. The number of sulfonamides is 1. The van der Waals surface area contributed by atoms with Crippen LogP contribution in [0, 0.1) is 0 Å². The molecule has 1 unspecified atom stereocenters. The predicted molar refractivity (Wildman–Crippen MR) is 121 cm³/mol. The molecule has 0 fully saturated rings. The Morgan fingerprint density at radius 2 is 1.64 bits per heavy atom. The maximum atomic E-state index is 13.1. The molecule has 0 saturated heterocycles. The molecule has 0 saturated carbocycles. The topological polar surface area (TPSA) is 134 Å². The van der Waals surface area contributed by atoms with Crippen molar-refractivity contribution in [3.8, 4) is 11.5 Å². The molecule has 0 aliphatic carbocycles. The summed E-state index contributed by atoms with van der Waals surface area (Å²) in [4.78, 5) is 25.8. The van der Waals surface area contributed by atoms with Crippen LogP contribution in [0.3, 0.4) is 0 Å². The molecule has 1 atom stereocenters. The van der Waals surface area contributed by atoms with Gasteiger partial charge in [0.1, 0.15) is 17.1 Å². The number of methoxy groups -OCH3 is 2. The summed E-state index contributed by atoms with van der Waals surface area (Å²) in [5.74, 6) is -0.991. The van der Waals surface area contributed by atoms with Crippen molar-refractivity contribution in [2.75, 3.05) is 19.5 Å². The van der Waals surface area contributed by atoms with Crippen molar-refractivity contribution in [3.05, 3.63) is 83.9 Å². The van der Waals surface area contributed by atoms with Gasteiger partial charge in [0.25, 0.3) is 5.91 Å². The van der Waals surface area contributed by atoms with Gasteiger partial charge >= 0.3 is 5.97 Å². The normalized spacial score (nSPS) is 11.8. The van der Waals surface area contributed by atoms with Crippen molar-refractivity contribution in [1.29, 1.82) is 0 Å². The number of primary sulfonamides is 1. The average Bonchev–Trinajstić information content (AvgIpc) is 2.81. The quantitative estimate of drug-likeness (QED) is 0.484. The molecule has 3 N–H and O–H groups in total. The molecule has 1 amide bonds. The summed E-state index contributed by atoms with van der Waals surface area (Å²) in [5.41, 5.74) is 0.650. The Morgan fingerprint density at radius 1 is 0.909 bits per heavy atom. The summed E-state index contributed by atoms with van der Waals surface area (Å²) in [7, 11) is -1.27. The minimum atomic E-state index is -4.08. The molecular weight excluding hydrogens is 448 g/mol. The summed E-state index contributed by atoms with van der Waals surface area (Å²) in [6.45, 7) is 0. The molecule has 0 bridgehead atoms. The van der Waals surface area contributed by atoms with E-state index in [1.165, 1.54) is 26.4 Å².